The van der Waals surface area contributed by atoms with Crippen molar-refractivity contribution in [2.45, 2.75) is 66.1 Å². The Bertz CT molecular complexity index is 617. The summed E-state index contributed by atoms with van der Waals surface area (Å²) in [4.78, 5) is 12.3. The minimum absolute atomic E-state index is 0.0842. The monoisotopic (exact) mass is 331 g/mol. The molecule has 0 spiro atoms. The highest BCUT2D eigenvalue weighted by atomic mass is 16.5. The third-order valence-corrected chi connectivity index (χ3v) is 4.59. The van der Waals surface area contributed by atoms with Crippen molar-refractivity contribution >= 4 is 11.6 Å². The van der Waals surface area contributed by atoms with Gasteiger partial charge in [-0.05, 0) is 56.7 Å². The van der Waals surface area contributed by atoms with Gasteiger partial charge in [-0.3, -0.25) is 4.79 Å². The highest BCUT2D eigenvalue weighted by Gasteiger charge is 2.26. The van der Waals surface area contributed by atoms with Gasteiger partial charge in [-0.1, -0.05) is 25.8 Å². The second-order valence-electron chi connectivity index (χ2n) is 7.45. The van der Waals surface area contributed by atoms with Gasteiger partial charge in [0.2, 0.25) is 5.91 Å². The first kappa shape index (κ1) is 18.5. The molecule has 0 aliphatic heterocycles. The number of carbonyl (C=O) groups is 1. The molecule has 0 atom stereocenters. The van der Waals surface area contributed by atoms with Gasteiger partial charge >= 0.3 is 0 Å². The van der Waals surface area contributed by atoms with E-state index in [0.717, 1.165) is 19.3 Å². The molecule has 1 aromatic rings. The Morgan fingerprint density at radius 2 is 2.12 bits per heavy atom. The number of amides is 1. The van der Waals surface area contributed by atoms with Crippen molar-refractivity contribution < 1.29 is 14.6 Å². The predicted molar refractivity (Wildman–Crippen MR) is 97.0 cm³/mol. The van der Waals surface area contributed by atoms with Crippen LogP contribution in [0.2, 0.25) is 0 Å². The second-order valence-corrected chi connectivity index (χ2v) is 7.45. The number of hydrogen-bond acceptors (Lipinski definition) is 3. The van der Waals surface area contributed by atoms with Crippen molar-refractivity contribution in [1.82, 2.24) is 0 Å². The smallest absolute Gasteiger partial charge is 0.248 e. The lowest BCUT2D eigenvalue weighted by atomic mass is 9.73. The molecule has 0 aromatic heterocycles. The molecule has 0 unspecified atom stereocenters. The number of ether oxygens (including phenoxy) is 1. The molecule has 2 N–H and O–H groups in total. The van der Waals surface area contributed by atoms with E-state index in [0.29, 0.717) is 17.9 Å². The molecule has 1 saturated carbocycles. The van der Waals surface area contributed by atoms with Crippen LogP contribution in [0.4, 0.5) is 5.69 Å². The number of anilines is 1. The maximum Gasteiger partial charge on any atom is 0.248 e. The van der Waals surface area contributed by atoms with Gasteiger partial charge in [-0.15, -0.1) is 0 Å². The van der Waals surface area contributed by atoms with Crippen LogP contribution in [0.5, 0.6) is 5.75 Å². The zero-order chi connectivity index (χ0) is 17.7. The maximum atomic E-state index is 12.3. The summed E-state index contributed by atoms with van der Waals surface area (Å²) >= 11 is 0. The first-order valence-corrected chi connectivity index (χ1v) is 8.73. The quantitative estimate of drug-likeness (QED) is 0.603. The Morgan fingerprint density at radius 3 is 2.79 bits per heavy atom. The minimum Gasteiger partial charge on any atom is -0.508 e. The molecule has 1 aliphatic carbocycles. The van der Waals surface area contributed by atoms with E-state index in [1.165, 1.54) is 12.0 Å². The van der Waals surface area contributed by atoms with Crippen LogP contribution in [0.15, 0.2) is 29.8 Å². The number of benzene rings is 1. The highest BCUT2D eigenvalue weighted by molar-refractivity contribution is 6.00. The van der Waals surface area contributed by atoms with E-state index in [1.54, 1.807) is 24.3 Å². The van der Waals surface area contributed by atoms with Gasteiger partial charge in [0.05, 0.1) is 12.7 Å². The second kappa shape index (κ2) is 7.84. The molecule has 4 nitrogen and oxygen atoms in total. The molecule has 0 bridgehead atoms. The number of hydrogen-bond donors (Lipinski definition) is 2. The number of rotatable bonds is 5. The van der Waals surface area contributed by atoms with Crippen molar-refractivity contribution in [1.29, 1.82) is 0 Å². The fourth-order valence-electron chi connectivity index (χ4n) is 3.02. The molecule has 132 valence electrons. The molecule has 0 heterocycles. The summed E-state index contributed by atoms with van der Waals surface area (Å²) < 4.78 is 5.53. The number of carbonyl (C=O) groups excluding carboxylic acids is 1. The zero-order valence-corrected chi connectivity index (χ0v) is 15.2. The molecular formula is C20H29NO3. The molecular weight excluding hydrogens is 302 g/mol. The van der Waals surface area contributed by atoms with Crippen LogP contribution in [0, 0.1) is 5.41 Å². The van der Waals surface area contributed by atoms with Gasteiger partial charge in [-0.25, -0.2) is 0 Å². The Hall–Kier alpha value is -1.81. The van der Waals surface area contributed by atoms with Gasteiger partial charge in [0.25, 0.3) is 0 Å². The van der Waals surface area contributed by atoms with Crippen molar-refractivity contribution in [3.05, 3.63) is 35.4 Å². The largest absolute Gasteiger partial charge is 0.508 e. The van der Waals surface area contributed by atoms with Crippen LogP contribution >= 0.6 is 0 Å². The molecule has 0 radical (unpaired) electrons. The van der Waals surface area contributed by atoms with E-state index < -0.39 is 0 Å². The highest BCUT2D eigenvalue weighted by Crippen LogP contribution is 2.39. The average Bonchev–Trinajstić information content (AvgIpc) is 2.49. The number of phenols is 1. The molecule has 0 saturated heterocycles. The summed E-state index contributed by atoms with van der Waals surface area (Å²) in [6.07, 6.45) is 6.32. The van der Waals surface area contributed by atoms with Gasteiger partial charge in [0, 0.05) is 17.3 Å². The van der Waals surface area contributed by atoms with Crippen molar-refractivity contribution in [2.75, 3.05) is 5.32 Å². The fourth-order valence-corrected chi connectivity index (χ4v) is 3.02. The van der Waals surface area contributed by atoms with Gasteiger partial charge in [0.15, 0.2) is 0 Å². The third kappa shape index (κ3) is 5.10. The molecule has 4 heteroatoms. The summed E-state index contributed by atoms with van der Waals surface area (Å²) in [5.41, 5.74) is 2.66. The molecule has 1 amide bonds. The van der Waals surface area contributed by atoms with Gasteiger partial charge in [0.1, 0.15) is 5.75 Å². The molecule has 24 heavy (non-hydrogen) atoms. The normalized spacial score (nSPS) is 18.8. The van der Waals surface area contributed by atoms with Crippen molar-refractivity contribution in [3.8, 4) is 5.75 Å². The number of allylic oxidation sites excluding steroid dienone is 1. The lowest BCUT2D eigenvalue weighted by Gasteiger charge is -2.32. The Morgan fingerprint density at radius 1 is 1.38 bits per heavy atom. The first-order valence-electron chi connectivity index (χ1n) is 8.73. The Kier molecular flexibility index (Phi) is 6.05. The van der Waals surface area contributed by atoms with Crippen molar-refractivity contribution in [2.24, 2.45) is 5.41 Å². The van der Waals surface area contributed by atoms with E-state index in [-0.39, 0.29) is 23.2 Å². The van der Waals surface area contributed by atoms with E-state index in [2.05, 4.69) is 19.2 Å². The first-order chi connectivity index (χ1) is 11.3. The average molecular weight is 331 g/mol. The Labute approximate surface area is 144 Å². The fraction of sp³-hybridized carbons (Fsp3) is 0.550. The summed E-state index contributed by atoms with van der Waals surface area (Å²) in [5.74, 6) is 0.0711. The Balaban J connectivity index is 2.07. The predicted octanol–water partition coefficient (Wildman–Crippen LogP) is 4.78. The van der Waals surface area contributed by atoms with E-state index in [1.807, 2.05) is 13.8 Å². The van der Waals surface area contributed by atoms with Crippen LogP contribution in [0.3, 0.4) is 0 Å². The SMILES string of the molecule is CC(C)OCc1cc(NC(=O)/C=C2/CCCCC2(C)C)ccc1O. The van der Waals surface area contributed by atoms with Crippen LogP contribution in [-0.2, 0) is 16.1 Å². The lowest BCUT2D eigenvalue weighted by Crippen LogP contribution is -2.21. The van der Waals surface area contributed by atoms with Crippen LogP contribution in [-0.4, -0.2) is 17.1 Å². The third-order valence-electron chi connectivity index (χ3n) is 4.59. The molecule has 2 rings (SSSR count). The summed E-state index contributed by atoms with van der Waals surface area (Å²) in [5, 5.41) is 12.8. The molecule has 1 aromatic carbocycles. The van der Waals surface area contributed by atoms with Crippen molar-refractivity contribution in [3.63, 3.8) is 0 Å². The number of phenolic OH excluding ortho intramolecular Hbond substituents is 1. The number of aromatic hydroxyl groups is 1. The van der Waals surface area contributed by atoms with E-state index in [4.69, 9.17) is 4.74 Å². The summed E-state index contributed by atoms with van der Waals surface area (Å²) in [6.45, 7) is 8.61. The maximum absolute atomic E-state index is 12.3. The summed E-state index contributed by atoms with van der Waals surface area (Å²) in [7, 11) is 0. The summed E-state index contributed by atoms with van der Waals surface area (Å²) in [6, 6.07) is 5.06. The lowest BCUT2D eigenvalue weighted by molar-refractivity contribution is -0.112. The molecule has 1 fully saturated rings. The topological polar surface area (TPSA) is 58.6 Å². The molecule has 1 aliphatic rings. The standard InChI is InChI=1S/C20H29NO3/c1-14(2)24-13-15-11-17(8-9-18(15)22)21-19(23)12-16-7-5-6-10-20(16,3)4/h8-9,11-12,14,22H,5-7,10,13H2,1-4H3,(H,21,23)/b16-12-. The van der Waals surface area contributed by atoms with Crippen LogP contribution in [0.1, 0.15) is 58.9 Å². The van der Waals surface area contributed by atoms with E-state index >= 15 is 0 Å². The van der Waals surface area contributed by atoms with Gasteiger partial charge < -0.3 is 15.2 Å². The van der Waals surface area contributed by atoms with Crippen LogP contribution < -0.4 is 5.32 Å². The van der Waals surface area contributed by atoms with Gasteiger partial charge in [-0.2, -0.15) is 0 Å². The zero-order valence-electron chi connectivity index (χ0n) is 15.2. The van der Waals surface area contributed by atoms with Crippen LogP contribution in [0.25, 0.3) is 0 Å². The minimum atomic E-state index is -0.110. The van der Waals surface area contributed by atoms with E-state index in [9.17, 15) is 9.90 Å². The number of nitrogens with one attached hydrogen (secondary N) is 1.